The number of amides is 1. The van der Waals surface area contributed by atoms with Crippen molar-refractivity contribution < 1.29 is 14.3 Å². The number of methoxy groups -OCH3 is 2. The fourth-order valence-corrected chi connectivity index (χ4v) is 1.69. The second kappa shape index (κ2) is 7.84. The Kier molecular flexibility index (Phi) is 6.39. The second-order valence-electron chi connectivity index (χ2n) is 4.13. The van der Waals surface area contributed by atoms with Crippen LogP contribution in [0.3, 0.4) is 0 Å². The molecule has 0 saturated heterocycles. The predicted octanol–water partition coefficient (Wildman–Crippen LogP) is 1.66. The summed E-state index contributed by atoms with van der Waals surface area (Å²) in [6.45, 7) is 2.43. The number of rotatable bonds is 7. The number of aryl methyl sites for hydroxylation is 2. The van der Waals surface area contributed by atoms with Crippen LogP contribution >= 0.6 is 0 Å². The third-order valence-corrected chi connectivity index (χ3v) is 2.87. The summed E-state index contributed by atoms with van der Waals surface area (Å²) >= 11 is 0. The Labute approximate surface area is 108 Å². The van der Waals surface area contributed by atoms with Gasteiger partial charge in [0, 0.05) is 20.6 Å². The van der Waals surface area contributed by atoms with Crippen molar-refractivity contribution in [3.63, 3.8) is 0 Å². The molecule has 1 aromatic carbocycles. The SMILES string of the molecule is COC(CNC(=O)CCc1ccccc1C)OC. The van der Waals surface area contributed by atoms with Crippen LogP contribution < -0.4 is 5.32 Å². The van der Waals surface area contributed by atoms with Gasteiger partial charge in [-0.25, -0.2) is 0 Å². The zero-order valence-corrected chi connectivity index (χ0v) is 11.2. The Balaban J connectivity index is 2.31. The van der Waals surface area contributed by atoms with Gasteiger partial charge in [0.1, 0.15) is 0 Å². The van der Waals surface area contributed by atoms with Crippen LogP contribution in [0.2, 0.25) is 0 Å². The molecule has 1 rings (SSSR count). The molecule has 0 radical (unpaired) electrons. The molecule has 0 spiro atoms. The molecule has 0 aromatic heterocycles. The standard InChI is InChI=1S/C14H21NO3/c1-11-6-4-5-7-12(11)8-9-13(16)15-10-14(17-2)18-3/h4-7,14H,8-10H2,1-3H3,(H,15,16). The molecule has 4 heteroatoms. The van der Waals surface area contributed by atoms with Crippen LogP contribution in [0, 0.1) is 6.92 Å². The van der Waals surface area contributed by atoms with Gasteiger partial charge < -0.3 is 14.8 Å². The Morgan fingerprint density at radius 2 is 1.94 bits per heavy atom. The molecule has 0 aliphatic rings. The zero-order chi connectivity index (χ0) is 13.4. The van der Waals surface area contributed by atoms with E-state index in [0.29, 0.717) is 13.0 Å². The van der Waals surface area contributed by atoms with Gasteiger partial charge in [0.15, 0.2) is 6.29 Å². The van der Waals surface area contributed by atoms with Crippen molar-refractivity contribution in [3.05, 3.63) is 35.4 Å². The highest BCUT2D eigenvalue weighted by Crippen LogP contribution is 2.09. The van der Waals surface area contributed by atoms with Crippen LogP contribution in [-0.2, 0) is 20.7 Å². The van der Waals surface area contributed by atoms with Crippen molar-refractivity contribution in [1.82, 2.24) is 5.32 Å². The highest BCUT2D eigenvalue weighted by atomic mass is 16.7. The smallest absolute Gasteiger partial charge is 0.220 e. The van der Waals surface area contributed by atoms with Crippen molar-refractivity contribution >= 4 is 5.91 Å². The number of benzene rings is 1. The van der Waals surface area contributed by atoms with Crippen LogP contribution in [0.15, 0.2) is 24.3 Å². The van der Waals surface area contributed by atoms with Crippen molar-refractivity contribution in [3.8, 4) is 0 Å². The van der Waals surface area contributed by atoms with E-state index in [1.165, 1.54) is 11.1 Å². The van der Waals surface area contributed by atoms with Gasteiger partial charge in [-0.15, -0.1) is 0 Å². The summed E-state index contributed by atoms with van der Waals surface area (Å²) in [4.78, 5) is 11.6. The largest absolute Gasteiger partial charge is 0.354 e. The summed E-state index contributed by atoms with van der Waals surface area (Å²) in [7, 11) is 3.10. The lowest BCUT2D eigenvalue weighted by atomic mass is 10.0. The first-order valence-corrected chi connectivity index (χ1v) is 6.04. The van der Waals surface area contributed by atoms with Crippen molar-refractivity contribution in [1.29, 1.82) is 0 Å². The topological polar surface area (TPSA) is 47.6 Å². The third-order valence-electron chi connectivity index (χ3n) is 2.87. The summed E-state index contributed by atoms with van der Waals surface area (Å²) < 4.78 is 9.99. The summed E-state index contributed by atoms with van der Waals surface area (Å²) in [5, 5.41) is 2.79. The van der Waals surface area contributed by atoms with Gasteiger partial charge in [0.2, 0.25) is 5.91 Å². The highest BCUT2D eigenvalue weighted by molar-refractivity contribution is 5.76. The monoisotopic (exact) mass is 251 g/mol. The Morgan fingerprint density at radius 3 is 2.56 bits per heavy atom. The number of carbonyl (C=O) groups excluding carboxylic acids is 1. The van der Waals surface area contributed by atoms with E-state index in [-0.39, 0.29) is 12.2 Å². The second-order valence-corrected chi connectivity index (χ2v) is 4.13. The summed E-state index contributed by atoms with van der Waals surface area (Å²) in [6.07, 6.45) is 0.848. The minimum absolute atomic E-state index is 0.0114. The van der Waals surface area contributed by atoms with E-state index in [0.717, 1.165) is 6.42 Å². The number of ether oxygens (including phenoxy) is 2. The predicted molar refractivity (Wildman–Crippen MR) is 70.3 cm³/mol. The molecule has 18 heavy (non-hydrogen) atoms. The Morgan fingerprint density at radius 1 is 1.28 bits per heavy atom. The summed E-state index contributed by atoms with van der Waals surface area (Å²) in [6, 6.07) is 8.10. The molecule has 4 nitrogen and oxygen atoms in total. The van der Waals surface area contributed by atoms with Gasteiger partial charge in [-0.05, 0) is 24.5 Å². The molecule has 0 bridgehead atoms. The van der Waals surface area contributed by atoms with Crippen LogP contribution in [0.4, 0.5) is 0 Å². The Hall–Kier alpha value is -1.39. The third kappa shape index (κ3) is 4.85. The average molecular weight is 251 g/mol. The highest BCUT2D eigenvalue weighted by Gasteiger charge is 2.08. The van der Waals surface area contributed by atoms with Crippen LogP contribution in [-0.4, -0.2) is 33.0 Å². The van der Waals surface area contributed by atoms with E-state index in [2.05, 4.69) is 24.4 Å². The first kappa shape index (κ1) is 14.7. The first-order valence-electron chi connectivity index (χ1n) is 6.04. The average Bonchev–Trinajstić information content (AvgIpc) is 2.39. The molecule has 0 unspecified atom stereocenters. The number of nitrogens with one attached hydrogen (secondary N) is 1. The van der Waals surface area contributed by atoms with E-state index >= 15 is 0 Å². The van der Waals surface area contributed by atoms with Gasteiger partial charge in [-0.1, -0.05) is 24.3 Å². The maximum absolute atomic E-state index is 11.6. The van der Waals surface area contributed by atoms with Crippen molar-refractivity contribution in [2.45, 2.75) is 26.1 Å². The number of hydrogen-bond donors (Lipinski definition) is 1. The lowest BCUT2D eigenvalue weighted by Crippen LogP contribution is -2.34. The molecule has 100 valence electrons. The maximum Gasteiger partial charge on any atom is 0.220 e. The molecule has 1 amide bonds. The van der Waals surface area contributed by atoms with E-state index in [9.17, 15) is 4.79 Å². The van der Waals surface area contributed by atoms with Gasteiger partial charge >= 0.3 is 0 Å². The molecule has 1 N–H and O–H groups in total. The molecule has 0 fully saturated rings. The van der Waals surface area contributed by atoms with Crippen molar-refractivity contribution in [2.24, 2.45) is 0 Å². The minimum Gasteiger partial charge on any atom is -0.354 e. The van der Waals surface area contributed by atoms with Gasteiger partial charge in [-0.3, -0.25) is 4.79 Å². The fourth-order valence-electron chi connectivity index (χ4n) is 1.69. The fraction of sp³-hybridized carbons (Fsp3) is 0.500. The van der Waals surface area contributed by atoms with E-state index in [1.807, 2.05) is 12.1 Å². The summed E-state index contributed by atoms with van der Waals surface area (Å²) in [5.41, 5.74) is 2.43. The van der Waals surface area contributed by atoms with Crippen LogP contribution in [0.5, 0.6) is 0 Å². The molecule has 0 heterocycles. The lowest BCUT2D eigenvalue weighted by molar-refractivity contribution is -0.127. The minimum atomic E-state index is -0.382. The van der Waals surface area contributed by atoms with Crippen LogP contribution in [0.25, 0.3) is 0 Å². The van der Waals surface area contributed by atoms with Crippen LogP contribution in [0.1, 0.15) is 17.5 Å². The zero-order valence-electron chi connectivity index (χ0n) is 11.2. The molecule has 0 saturated carbocycles. The van der Waals surface area contributed by atoms with Gasteiger partial charge in [0.05, 0.1) is 6.54 Å². The molecular weight excluding hydrogens is 230 g/mol. The quantitative estimate of drug-likeness (QED) is 0.750. The van der Waals surface area contributed by atoms with Gasteiger partial charge in [0.25, 0.3) is 0 Å². The Bertz CT molecular complexity index is 375. The molecular formula is C14H21NO3. The normalized spacial score (nSPS) is 10.7. The molecule has 0 aliphatic carbocycles. The molecule has 0 aliphatic heterocycles. The number of hydrogen-bond acceptors (Lipinski definition) is 3. The van der Waals surface area contributed by atoms with Gasteiger partial charge in [-0.2, -0.15) is 0 Å². The maximum atomic E-state index is 11.6. The molecule has 1 aromatic rings. The summed E-state index contributed by atoms with van der Waals surface area (Å²) in [5.74, 6) is 0.0114. The van der Waals surface area contributed by atoms with E-state index in [4.69, 9.17) is 9.47 Å². The van der Waals surface area contributed by atoms with Crippen molar-refractivity contribution in [2.75, 3.05) is 20.8 Å². The number of carbonyl (C=O) groups is 1. The lowest BCUT2D eigenvalue weighted by Gasteiger charge is -2.14. The van der Waals surface area contributed by atoms with E-state index < -0.39 is 0 Å². The van der Waals surface area contributed by atoms with E-state index in [1.54, 1.807) is 14.2 Å². The first-order chi connectivity index (χ1) is 8.67. The molecule has 0 atom stereocenters.